The lowest BCUT2D eigenvalue weighted by molar-refractivity contribution is 0.0967. The fraction of sp³-hybridized carbons (Fsp3) is 0.385. The van der Waals surface area contributed by atoms with Crippen molar-refractivity contribution < 1.29 is 9.35 Å². The highest BCUT2D eigenvalue weighted by atomic mass is 32.2. The molecule has 2 heterocycles. The van der Waals surface area contributed by atoms with Gasteiger partial charge in [-0.3, -0.25) is 9.79 Å². The highest BCUT2D eigenvalue weighted by Gasteiger charge is 2.24. The Balaban J connectivity index is 1.94. The summed E-state index contributed by atoms with van der Waals surface area (Å²) in [5, 5.41) is 7.78. The summed E-state index contributed by atoms with van der Waals surface area (Å²) in [5.74, 6) is 1.03. The normalized spacial score (nSPS) is 12.1. The van der Waals surface area contributed by atoms with Crippen LogP contribution in [0.5, 0.6) is 0 Å². The van der Waals surface area contributed by atoms with E-state index in [9.17, 15) is 9.35 Å². The van der Waals surface area contributed by atoms with Crippen molar-refractivity contribution in [3.05, 3.63) is 21.4 Å². The summed E-state index contributed by atoms with van der Waals surface area (Å²) in [7, 11) is 1.53. The van der Waals surface area contributed by atoms with Gasteiger partial charge in [0, 0.05) is 31.0 Å². The summed E-state index contributed by atoms with van der Waals surface area (Å²) in [6, 6.07) is 0. The van der Waals surface area contributed by atoms with Crippen LogP contribution in [-0.2, 0) is 5.75 Å². The molecule has 0 aromatic carbocycles. The van der Waals surface area contributed by atoms with Crippen molar-refractivity contribution in [2.24, 2.45) is 21.5 Å². The van der Waals surface area contributed by atoms with Gasteiger partial charge in [0.05, 0.1) is 23.2 Å². The second-order valence-electron chi connectivity index (χ2n) is 4.85. The Labute approximate surface area is 161 Å². The fourth-order valence-corrected chi connectivity index (χ4v) is 4.60. The molecule has 0 aliphatic carbocycles. The Kier molecular flexibility index (Phi) is 7.44. The number of aromatic nitrogens is 2. The van der Waals surface area contributed by atoms with Crippen molar-refractivity contribution in [2.75, 3.05) is 31.7 Å². The number of carbonyl (C=O) groups is 1. The predicted octanol–water partition coefficient (Wildman–Crippen LogP) is 0.339. The van der Waals surface area contributed by atoms with Crippen LogP contribution in [0.1, 0.15) is 15.4 Å². The Bertz CT molecular complexity index is 850. The maximum atomic E-state index is 12.0. The molecule has 0 bridgehead atoms. The van der Waals surface area contributed by atoms with Crippen LogP contribution in [0, 0.1) is 0 Å². The van der Waals surface area contributed by atoms with Gasteiger partial charge in [-0.2, -0.15) is 21.1 Å². The standard InChI is InChI=1S/C13H20N8O2S3/c1-16-8-9(11(22)17-2)26(23)21-10(8)18-3-4-24-5-7-6-25-13(19-7)20-12(14)15/h6,16H,3-5H2,1-2H3,(H,17,22)(H,18,21)(H4,14,15,19,20). The van der Waals surface area contributed by atoms with E-state index in [0.29, 0.717) is 28.6 Å². The molecule has 0 fully saturated rings. The number of anilines is 1. The molecule has 7 N–H and O–H groups in total. The second-order valence-corrected chi connectivity index (χ2v) is 7.94. The highest BCUT2D eigenvalue weighted by molar-refractivity contribution is 7.98. The van der Waals surface area contributed by atoms with Crippen LogP contribution in [0.4, 0.5) is 10.8 Å². The number of nitrogens with two attached hydrogens (primary N) is 2. The molecule has 2 aromatic heterocycles. The number of nitrogens with zero attached hydrogens (tertiary/aromatic N) is 3. The molecule has 0 radical (unpaired) electrons. The number of nitrogens with one attached hydrogen (secondary N) is 3. The molecule has 1 atom stereocenters. The monoisotopic (exact) mass is 416 g/mol. The van der Waals surface area contributed by atoms with E-state index < -0.39 is 16.9 Å². The molecular formula is C13H20N8O2S3. The van der Waals surface area contributed by atoms with E-state index in [1.54, 1.807) is 18.8 Å². The number of H-pyrrole nitrogens is 1. The summed E-state index contributed by atoms with van der Waals surface area (Å²) in [6.07, 6.45) is 0. The van der Waals surface area contributed by atoms with Gasteiger partial charge in [0.25, 0.3) is 4.88 Å². The van der Waals surface area contributed by atoms with Gasteiger partial charge in [0.1, 0.15) is 5.69 Å². The number of aromatic amines is 1. The van der Waals surface area contributed by atoms with Crippen molar-refractivity contribution in [1.29, 1.82) is 0 Å². The van der Waals surface area contributed by atoms with Crippen LogP contribution in [0.25, 0.3) is 0 Å². The van der Waals surface area contributed by atoms with Crippen molar-refractivity contribution in [3.63, 3.8) is 0 Å². The quantitative estimate of drug-likeness (QED) is 0.179. The molecule has 0 saturated heterocycles. The minimum atomic E-state index is -1.61. The SMILES string of the molecule is CNC(=O)c1c(NC)c(=NCCSCc2csc(N=C(N)N)n2)[nH][s+]1[O-]. The molecule has 2 aromatic rings. The minimum absolute atomic E-state index is 0.0136. The third kappa shape index (κ3) is 5.20. The Morgan fingerprint density at radius 3 is 2.92 bits per heavy atom. The summed E-state index contributed by atoms with van der Waals surface area (Å²) < 4.78 is 14.7. The molecule has 0 spiro atoms. The van der Waals surface area contributed by atoms with Gasteiger partial charge in [-0.15, -0.1) is 11.3 Å². The van der Waals surface area contributed by atoms with Crippen molar-refractivity contribution in [3.8, 4) is 0 Å². The van der Waals surface area contributed by atoms with Gasteiger partial charge < -0.3 is 26.7 Å². The number of hydrogen-bond acceptors (Lipinski definition) is 8. The van der Waals surface area contributed by atoms with E-state index in [0.717, 1.165) is 11.4 Å². The number of amides is 1. The third-order valence-electron chi connectivity index (χ3n) is 3.04. The first-order valence-electron chi connectivity index (χ1n) is 7.45. The predicted molar refractivity (Wildman–Crippen MR) is 107 cm³/mol. The summed E-state index contributed by atoms with van der Waals surface area (Å²) in [5.41, 5.74) is 12.4. The molecule has 0 saturated carbocycles. The molecule has 0 aliphatic heterocycles. The van der Waals surface area contributed by atoms with E-state index in [4.69, 9.17) is 11.5 Å². The Morgan fingerprint density at radius 2 is 2.27 bits per heavy atom. The number of carbonyl (C=O) groups excluding carboxylic acids is 1. The third-order valence-corrected chi connectivity index (χ3v) is 5.94. The lowest BCUT2D eigenvalue weighted by Gasteiger charge is -1.98. The molecule has 2 rings (SSSR count). The average Bonchev–Trinajstić information content (AvgIpc) is 3.16. The molecule has 142 valence electrons. The molecule has 26 heavy (non-hydrogen) atoms. The van der Waals surface area contributed by atoms with Crippen molar-refractivity contribution >= 4 is 56.7 Å². The van der Waals surface area contributed by atoms with E-state index in [-0.39, 0.29) is 10.8 Å². The van der Waals surface area contributed by atoms with Gasteiger partial charge >= 0.3 is 5.91 Å². The lowest BCUT2D eigenvalue weighted by Crippen LogP contribution is -2.21. The van der Waals surface area contributed by atoms with E-state index in [1.807, 2.05) is 5.38 Å². The number of thiazole rings is 1. The number of guanidine groups is 1. The van der Waals surface area contributed by atoms with E-state index >= 15 is 0 Å². The summed E-state index contributed by atoms with van der Waals surface area (Å²) in [4.78, 5) is 24.5. The first kappa shape index (κ1) is 20.2. The zero-order chi connectivity index (χ0) is 19.1. The van der Waals surface area contributed by atoms with Crippen molar-refractivity contribution in [1.82, 2.24) is 14.7 Å². The van der Waals surface area contributed by atoms with Gasteiger partial charge in [-0.05, 0) is 0 Å². The highest BCUT2D eigenvalue weighted by Crippen LogP contribution is 2.23. The zero-order valence-corrected chi connectivity index (χ0v) is 16.7. The molecular weight excluding hydrogens is 396 g/mol. The fourth-order valence-electron chi connectivity index (χ4n) is 1.97. The van der Waals surface area contributed by atoms with Gasteiger partial charge in [0.2, 0.25) is 5.13 Å². The van der Waals surface area contributed by atoms with Gasteiger partial charge in [-0.25, -0.2) is 4.98 Å². The molecule has 10 nitrogen and oxygen atoms in total. The van der Waals surface area contributed by atoms with E-state index in [1.165, 1.54) is 18.4 Å². The number of rotatable bonds is 8. The number of hydrogen-bond donors (Lipinski definition) is 5. The molecule has 1 unspecified atom stereocenters. The van der Waals surface area contributed by atoms with Crippen LogP contribution < -0.4 is 27.6 Å². The van der Waals surface area contributed by atoms with Gasteiger partial charge in [0.15, 0.2) is 11.4 Å². The van der Waals surface area contributed by atoms with Crippen LogP contribution in [0.15, 0.2) is 15.4 Å². The molecule has 0 aliphatic rings. The van der Waals surface area contributed by atoms with Crippen LogP contribution in [-0.4, -0.2) is 52.2 Å². The molecule has 13 heteroatoms. The zero-order valence-electron chi connectivity index (χ0n) is 14.2. The smallest absolute Gasteiger partial charge is 0.308 e. The van der Waals surface area contributed by atoms with Crippen LogP contribution in [0.3, 0.4) is 0 Å². The topological polar surface area (TPSA) is 170 Å². The average molecular weight is 417 g/mol. The minimum Gasteiger partial charge on any atom is -0.570 e. The Hall–Kier alpha value is -2.09. The van der Waals surface area contributed by atoms with Crippen LogP contribution in [0.2, 0.25) is 0 Å². The Morgan fingerprint density at radius 1 is 1.50 bits per heavy atom. The lowest BCUT2D eigenvalue weighted by atomic mass is 10.4. The number of thioether (sulfide) groups is 1. The largest absolute Gasteiger partial charge is 0.570 e. The maximum Gasteiger partial charge on any atom is 0.308 e. The second kappa shape index (κ2) is 9.56. The van der Waals surface area contributed by atoms with Crippen LogP contribution >= 0.6 is 34.0 Å². The molecule has 1 amide bonds. The first-order chi connectivity index (χ1) is 12.5. The van der Waals surface area contributed by atoms with Crippen molar-refractivity contribution in [2.45, 2.75) is 5.75 Å². The first-order valence-corrected chi connectivity index (χ1v) is 10.6. The van der Waals surface area contributed by atoms with E-state index in [2.05, 4.69) is 30.0 Å². The maximum absolute atomic E-state index is 12.0. The summed E-state index contributed by atoms with van der Waals surface area (Å²) in [6.45, 7) is 0.501. The van der Waals surface area contributed by atoms with Gasteiger partial charge in [-0.1, -0.05) is 0 Å². The summed E-state index contributed by atoms with van der Waals surface area (Å²) >= 11 is 3.02. The number of aliphatic imine (C=N–C) groups is 1.